The number of hydrogen-bond acceptors (Lipinski definition) is 3. The van der Waals surface area contributed by atoms with E-state index in [1.165, 1.54) is 17.5 Å². The van der Waals surface area contributed by atoms with Gasteiger partial charge in [-0.2, -0.15) is 5.10 Å². The molecule has 0 saturated carbocycles. The van der Waals surface area contributed by atoms with Crippen molar-refractivity contribution < 1.29 is 0 Å². The van der Waals surface area contributed by atoms with E-state index in [0.29, 0.717) is 11.3 Å². The average Bonchev–Trinajstić information content (AvgIpc) is 2.79. The molecule has 3 rings (SSSR count). The van der Waals surface area contributed by atoms with Crippen LogP contribution < -0.4 is 5.73 Å². The fourth-order valence-electron chi connectivity index (χ4n) is 2.80. The van der Waals surface area contributed by atoms with Crippen molar-refractivity contribution in [3.63, 3.8) is 0 Å². The first-order valence-electron chi connectivity index (χ1n) is 6.25. The van der Waals surface area contributed by atoms with Crippen LogP contribution in [0.2, 0.25) is 0 Å². The Kier molecular flexibility index (Phi) is 3.01. The largest absolute Gasteiger partial charge is 0.324 e. The zero-order valence-corrected chi connectivity index (χ0v) is 10.9. The predicted octanol–water partition coefficient (Wildman–Crippen LogP) is 2.33. The molecule has 0 saturated heterocycles. The molecule has 1 aliphatic rings. The topological polar surface area (TPSA) is 59.6 Å². The first kappa shape index (κ1) is 11.6. The first-order valence-corrected chi connectivity index (χ1v) is 6.65. The predicted molar refractivity (Wildman–Crippen MR) is 72.8 cm³/mol. The molecule has 1 aromatic carbocycles. The molecular weight excluding hydrogens is 244 g/mol. The number of hydrogen-bond donors (Lipinski definition) is 2. The van der Waals surface area contributed by atoms with Crippen molar-refractivity contribution in [2.24, 2.45) is 5.73 Å². The average molecular weight is 260 g/mol. The maximum Gasteiger partial charge on any atom is 0.195 e. The Morgan fingerprint density at radius 3 is 3.11 bits per heavy atom. The number of nitrogens with two attached hydrogens (primary N) is 1. The molecule has 1 unspecified atom stereocenters. The highest BCUT2D eigenvalue weighted by Gasteiger charge is 2.23. The lowest BCUT2D eigenvalue weighted by Crippen LogP contribution is -2.20. The SMILES string of the molecule is NCc1n[nH]c(=S)n1C1CCCc2ccccc21. The number of aryl methyl sites for hydroxylation is 1. The lowest BCUT2D eigenvalue weighted by atomic mass is 9.87. The second-order valence-corrected chi connectivity index (χ2v) is 5.01. The number of fused-ring (bicyclic) bond motifs is 1. The smallest absolute Gasteiger partial charge is 0.195 e. The van der Waals surface area contributed by atoms with Gasteiger partial charge in [-0.15, -0.1) is 0 Å². The summed E-state index contributed by atoms with van der Waals surface area (Å²) in [5.41, 5.74) is 8.51. The Bertz CT molecular complexity index is 613. The minimum atomic E-state index is 0.278. The van der Waals surface area contributed by atoms with Crippen LogP contribution in [0.3, 0.4) is 0 Å². The van der Waals surface area contributed by atoms with E-state index in [4.69, 9.17) is 18.0 Å². The Balaban J connectivity index is 2.14. The van der Waals surface area contributed by atoms with Gasteiger partial charge in [0.25, 0.3) is 0 Å². The third kappa shape index (κ3) is 1.79. The fraction of sp³-hybridized carbons (Fsp3) is 0.385. The molecular formula is C13H16N4S. The number of H-pyrrole nitrogens is 1. The van der Waals surface area contributed by atoms with Crippen LogP contribution in [0.5, 0.6) is 0 Å². The van der Waals surface area contributed by atoms with Gasteiger partial charge in [-0.3, -0.25) is 9.67 Å². The normalized spacial score (nSPS) is 18.6. The van der Waals surface area contributed by atoms with Crippen molar-refractivity contribution in [1.82, 2.24) is 14.8 Å². The summed E-state index contributed by atoms with van der Waals surface area (Å²) in [7, 11) is 0. The minimum Gasteiger partial charge on any atom is -0.324 e. The second-order valence-electron chi connectivity index (χ2n) is 4.63. The van der Waals surface area contributed by atoms with Crippen LogP contribution in [-0.2, 0) is 13.0 Å². The van der Waals surface area contributed by atoms with Crippen LogP contribution in [0.15, 0.2) is 24.3 Å². The Morgan fingerprint density at radius 2 is 2.28 bits per heavy atom. The van der Waals surface area contributed by atoms with E-state index in [0.717, 1.165) is 18.7 Å². The van der Waals surface area contributed by atoms with E-state index in [-0.39, 0.29) is 6.04 Å². The van der Waals surface area contributed by atoms with Crippen molar-refractivity contribution in [2.75, 3.05) is 0 Å². The summed E-state index contributed by atoms with van der Waals surface area (Å²) in [5, 5.41) is 7.06. The molecule has 0 fully saturated rings. The summed E-state index contributed by atoms with van der Waals surface area (Å²) in [6, 6.07) is 8.85. The fourth-order valence-corrected chi connectivity index (χ4v) is 3.08. The van der Waals surface area contributed by atoms with Crippen LogP contribution in [-0.4, -0.2) is 14.8 Å². The molecule has 2 aromatic rings. The molecule has 1 atom stereocenters. The van der Waals surface area contributed by atoms with Gasteiger partial charge in [-0.05, 0) is 42.6 Å². The van der Waals surface area contributed by atoms with Crippen LogP contribution in [0.4, 0.5) is 0 Å². The van der Waals surface area contributed by atoms with Gasteiger partial charge in [0.05, 0.1) is 12.6 Å². The van der Waals surface area contributed by atoms with Crippen molar-refractivity contribution >= 4 is 12.2 Å². The summed E-state index contributed by atoms with van der Waals surface area (Å²) >= 11 is 5.34. The lowest BCUT2D eigenvalue weighted by molar-refractivity contribution is 0.471. The number of nitrogens with zero attached hydrogens (tertiary/aromatic N) is 2. The van der Waals surface area contributed by atoms with E-state index in [1.807, 2.05) is 0 Å². The molecule has 94 valence electrons. The standard InChI is InChI=1S/C13H16N4S/c14-8-12-15-16-13(18)17(12)11-7-3-5-9-4-1-2-6-10(9)11/h1-2,4,6,11H,3,5,7-8,14H2,(H,16,18). The highest BCUT2D eigenvalue weighted by molar-refractivity contribution is 7.71. The molecule has 3 N–H and O–H groups in total. The van der Waals surface area contributed by atoms with Crippen molar-refractivity contribution in [3.8, 4) is 0 Å². The summed E-state index contributed by atoms with van der Waals surface area (Å²) in [4.78, 5) is 0. The number of nitrogens with one attached hydrogen (secondary N) is 1. The van der Waals surface area contributed by atoms with Gasteiger partial charge in [0.1, 0.15) is 5.82 Å². The molecule has 0 amide bonds. The van der Waals surface area contributed by atoms with Crippen LogP contribution >= 0.6 is 12.2 Å². The molecule has 0 spiro atoms. The van der Waals surface area contributed by atoms with E-state index in [1.54, 1.807) is 0 Å². The molecule has 1 aromatic heterocycles. The quantitative estimate of drug-likeness (QED) is 0.815. The first-order chi connectivity index (χ1) is 8.81. The van der Waals surface area contributed by atoms with E-state index >= 15 is 0 Å². The Labute approximate surface area is 111 Å². The van der Waals surface area contributed by atoms with Gasteiger partial charge < -0.3 is 5.73 Å². The summed E-state index contributed by atoms with van der Waals surface area (Å²) in [6.07, 6.45) is 3.42. The molecule has 0 aliphatic heterocycles. The maximum atomic E-state index is 5.74. The van der Waals surface area contributed by atoms with Gasteiger partial charge in [0.15, 0.2) is 4.77 Å². The highest BCUT2D eigenvalue weighted by Crippen LogP contribution is 2.33. The van der Waals surface area contributed by atoms with Gasteiger partial charge in [0, 0.05) is 0 Å². The van der Waals surface area contributed by atoms with Gasteiger partial charge in [-0.25, -0.2) is 0 Å². The molecule has 18 heavy (non-hydrogen) atoms. The zero-order valence-electron chi connectivity index (χ0n) is 10.1. The number of aromatic nitrogens is 3. The summed E-state index contributed by atoms with van der Waals surface area (Å²) in [6.45, 7) is 0.409. The van der Waals surface area contributed by atoms with E-state index in [9.17, 15) is 0 Å². The van der Waals surface area contributed by atoms with E-state index < -0.39 is 0 Å². The number of benzene rings is 1. The Morgan fingerprint density at radius 1 is 1.44 bits per heavy atom. The zero-order chi connectivity index (χ0) is 12.5. The van der Waals surface area contributed by atoms with E-state index in [2.05, 4.69) is 39.0 Å². The van der Waals surface area contributed by atoms with Crippen molar-refractivity contribution in [2.45, 2.75) is 31.8 Å². The number of rotatable bonds is 2. The third-order valence-electron chi connectivity index (χ3n) is 3.61. The molecule has 5 heteroatoms. The van der Waals surface area contributed by atoms with Crippen LogP contribution in [0.1, 0.15) is 35.8 Å². The molecule has 1 heterocycles. The minimum absolute atomic E-state index is 0.278. The second kappa shape index (κ2) is 4.66. The molecule has 0 bridgehead atoms. The molecule has 0 radical (unpaired) electrons. The molecule has 4 nitrogen and oxygen atoms in total. The number of aromatic amines is 1. The van der Waals surface area contributed by atoms with Gasteiger partial charge in [0.2, 0.25) is 0 Å². The van der Waals surface area contributed by atoms with Crippen molar-refractivity contribution in [3.05, 3.63) is 46.0 Å². The van der Waals surface area contributed by atoms with Gasteiger partial charge >= 0.3 is 0 Å². The lowest BCUT2D eigenvalue weighted by Gasteiger charge is -2.27. The summed E-state index contributed by atoms with van der Waals surface area (Å²) in [5.74, 6) is 0.835. The highest BCUT2D eigenvalue weighted by atomic mass is 32.1. The van der Waals surface area contributed by atoms with Crippen LogP contribution in [0, 0.1) is 4.77 Å². The molecule has 1 aliphatic carbocycles. The summed E-state index contributed by atoms with van der Waals surface area (Å²) < 4.78 is 2.74. The van der Waals surface area contributed by atoms with Gasteiger partial charge in [-0.1, -0.05) is 24.3 Å². The van der Waals surface area contributed by atoms with Crippen molar-refractivity contribution in [1.29, 1.82) is 0 Å². The third-order valence-corrected chi connectivity index (χ3v) is 3.90. The maximum absolute atomic E-state index is 5.74. The Hall–Kier alpha value is -1.46. The monoisotopic (exact) mass is 260 g/mol. The van der Waals surface area contributed by atoms with Crippen LogP contribution in [0.25, 0.3) is 0 Å².